The van der Waals surface area contributed by atoms with Crippen LogP contribution in [0.25, 0.3) is 11.1 Å². The van der Waals surface area contributed by atoms with Crippen molar-refractivity contribution in [3.05, 3.63) is 59.7 Å². The molecule has 0 saturated heterocycles. The van der Waals surface area contributed by atoms with Crippen LogP contribution in [0.2, 0.25) is 0 Å². The molecule has 0 aliphatic heterocycles. The standard InChI is InChI=1S/C25H30N2O5/c1-4-14-25(3,23(29)30)27-22(28)21(5-2)26-24(31)32-15-20-18-12-8-6-10-16(18)17-11-7-9-13-19(17)20/h6-13,20-21H,4-5,14-15H2,1-3H3,(H,26,31)(H,27,28)(H,29,30). The van der Waals surface area contributed by atoms with E-state index in [2.05, 4.69) is 22.8 Å². The zero-order valence-corrected chi connectivity index (χ0v) is 18.7. The third kappa shape index (κ3) is 4.77. The maximum Gasteiger partial charge on any atom is 0.407 e. The Labute approximate surface area is 188 Å². The third-order valence-corrected chi connectivity index (χ3v) is 5.98. The highest BCUT2D eigenvalue weighted by atomic mass is 16.5. The van der Waals surface area contributed by atoms with Gasteiger partial charge in [0.15, 0.2) is 0 Å². The fourth-order valence-corrected chi connectivity index (χ4v) is 4.22. The molecule has 7 heteroatoms. The van der Waals surface area contributed by atoms with Crippen molar-refractivity contribution in [1.29, 1.82) is 0 Å². The molecule has 170 valence electrons. The predicted molar refractivity (Wildman–Crippen MR) is 121 cm³/mol. The number of carbonyl (C=O) groups excluding carboxylic acids is 2. The van der Waals surface area contributed by atoms with Crippen LogP contribution < -0.4 is 10.6 Å². The highest BCUT2D eigenvalue weighted by Crippen LogP contribution is 2.44. The first-order valence-electron chi connectivity index (χ1n) is 11.0. The number of alkyl carbamates (subject to hydrolysis) is 1. The van der Waals surface area contributed by atoms with Crippen molar-refractivity contribution in [2.75, 3.05) is 6.61 Å². The lowest BCUT2D eigenvalue weighted by atomic mass is 9.95. The highest BCUT2D eigenvalue weighted by Gasteiger charge is 2.36. The lowest BCUT2D eigenvalue weighted by Crippen LogP contribution is -2.57. The van der Waals surface area contributed by atoms with E-state index >= 15 is 0 Å². The summed E-state index contributed by atoms with van der Waals surface area (Å²) in [6, 6.07) is 15.2. The fourth-order valence-electron chi connectivity index (χ4n) is 4.22. The van der Waals surface area contributed by atoms with Gasteiger partial charge in [-0.3, -0.25) is 4.79 Å². The Hall–Kier alpha value is -3.35. The van der Waals surface area contributed by atoms with Crippen LogP contribution in [-0.4, -0.2) is 41.3 Å². The van der Waals surface area contributed by atoms with Gasteiger partial charge in [-0.2, -0.15) is 0 Å². The number of hydrogen-bond donors (Lipinski definition) is 3. The zero-order valence-electron chi connectivity index (χ0n) is 18.7. The van der Waals surface area contributed by atoms with E-state index in [1.165, 1.54) is 6.92 Å². The van der Waals surface area contributed by atoms with Crippen LogP contribution in [0.1, 0.15) is 57.1 Å². The van der Waals surface area contributed by atoms with Crippen LogP contribution in [0.4, 0.5) is 4.79 Å². The zero-order chi connectivity index (χ0) is 23.3. The third-order valence-electron chi connectivity index (χ3n) is 5.98. The molecule has 0 saturated carbocycles. The van der Waals surface area contributed by atoms with Crippen LogP contribution >= 0.6 is 0 Å². The molecule has 0 heterocycles. The second kappa shape index (κ2) is 9.85. The molecule has 2 unspecified atom stereocenters. The Balaban J connectivity index is 1.64. The number of hydrogen-bond acceptors (Lipinski definition) is 4. The molecule has 3 rings (SSSR count). The molecule has 3 N–H and O–H groups in total. The number of rotatable bonds is 9. The average Bonchev–Trinajstić information content (AvgIpc) is 3.09. The minimum atomic E-state index is -1.39. The van der Waals surface area contributed by atoms with E-state index in [1.807, 2.05) is 43.3 Å². The van der Waals surface area contributed by atoms with Crippen molar-refractivity contribution in [1.82, 2.24) is 10.6 Å². The predicted octanol–water partition coefficient (Wildman–Crippen LogP) is 4.06. The molecule has 2 aromatic carbocycles. The van der Waals surface area contributed by atoms with Crippen molar-refractivity contribution in [3.63, 3.8) is 0 Å². The molecule has 1 aliphatic rings. The molecule has 0 fully saturated rings. The van der Waals surface area contributed by atoms with Gasteiger partial charge in [-0.05, 0) is 42.0 Å². The molecule has 0 bridgehead atoms. The first-order chi connectivity index (χ1) is 15.3. The SMILES string of the molecule is CCCC(C)(NC(=O)C(CC)NC(=O)OCC1c2ccccc2-c2ccccc21)C(=O)O. The van der Waals surface area contributed by atoms with Crippen LogP contribution in [-0.2, 0) is 14.3 Å². The van der Waals surface area contributed by atoms with Crippen LogP contribution in [0.15, 0.2) is 48.5 Å². The average molecular weight is 439 g/mol. The van der Waals surface area contributed by atoms with Crippen LogP contribution in [0, 0.1) is 0 Å². The molecular formula is C25H30N2O5. The van der Waals surface area contributed by atoms with Gasteiger partial charge in [0, 0.05) is 5.92 Å². The summed E-state index contributed by atoms with van der Waals surface area (Å²) in [7, 11) is 0. The molecule has 32 heavy (non-hydrogen) atoms. The van der Waals surface area contributed by atoms with E-state index in [4.69, 9.17) is 4.74 Å². The largest absolute Gasteiger partial charge is 0.480 e. The van der Waals surface area contributed by atoms with Gasteiger partial charge in [0.05, 0.1) is 0 Å². The van der Waals surface area contributed by atoms with Crippen molar-refractivity contribution in [2.45, 2.75) is 57.5 Å². The topological polar surface area (TPSA) is 105 Å². The molecule has 7 nitrogen and oxygen atoms in total. The number of carboxylic acid groups (broad SMARTS) is 1. The smallest absolute Gasteiger partial charge is 0.407 e. The summed E-state index contributed by atoms with van der Waals surface area (Å²) in [5.41, 5.74) is 3.08. The van der Waals surface area contributed by atoms with Crippen LogP contribution in [0.3, 0.4) is 0 Å². The van der Waals surface area contributed by atoms with Crippen molar-refractivity contribution >= 4 is 18.0 Å². The van der Waals surface area contributed by atoms with Gasteiger partial charge in [0.1, 0.15) is 18.2 Å². The van der Waals surface area contributed by atoms with Gasteiger partial charge in [-0.15, -0.1) is 0 Å². The molecule has 0 aromatic heterocycles. The van der Waals surface area contributed by atoms with Gasteiger partial charge >= 0.3 is 12.1 Å². The monoisotopic (exact) mass is 438 g/mol. The second-order valence-corrected chi connectivity index (χ2v) is 8.31. The lowest BCUT2D eigenvalue weighted by molar-refractivity contribution is -0.147. The minimum absolute atomic E-state index is 0.0816. The maximum absolute atomic E-state index is 12.6. The molecule has 2 amide bonds. The van der Waals surface area contributed by atoms with E-state index in [-0.39, 0.29) is 18.9 Å². The first-order valence-corrected chi connectivity index (χ1v) is 11.0. The van der Waals surface area contributed by atoms with Crippen molar-refractivity contribution < 1.29 is 24.2 Å². The van der Waals surface area contributed by atoms with Crippen LogP contribution in [0.5, 0.6) is 0 Å². The van der Waals surface area contributed by atoms with Gasteiger partial charge in [-0.1, -0.05) is 68.8 Å². The minimum Gasteiger partial charge on any atom is -0.480 e. The number of fused-ring (bicyclic) bond motifs is 3. The fraction of sp³-hybridized carbons (Fsp3) is 0.400. The first kappa shape index (κ1) is 23.3. The highest BCUT2D eigenvalue weighted by molar-refractivity contribution is 5.91. The lowest BCUT2D eigenvalue weighted by Gasteiger charge is -2.28. The number of carboxylic acids is 1. The molecule has 2 aromatic rings. The number of amides is 2. The summed E-state index contributed by atoms with van der Waals surface area (Å²) in [4.78, 5) is 36.7. The van der Waals surface area contributed by atoms with Crippen molar-refractivity contribution in [3.8, 4) is 11.1 Å². The van der Waals surface area contributed by atoms with E-state index < -0.39 is 29.6 Å². The molecule has 0 radical (unpaired) electrons. The van der Waals surface area contributed by atoms with Gasteiger partial charge in [0.2, 0.25) is 5.91 Å². The number of ether oxygens (including phenoxy) is 1. The Morgan fingerprint density at radius 3 is 2.09 bits per heavy atom. The maximum atomic E-state index is 12.6. The molecule has 2 atom stereocenters. The normalized spacial score (nSPS) is 15.1. The number of aliphatic carboxylic acids is 1. The Morgan fingerprint density at radius 1 is 1.03 bits per heavy atom. The van der Waals surface area contributed by atoms with Gasteiger partial charge < -0.3 is 20.5 Å². The number of benzene rings is 2. The van der Waals surface area contributed by atoms with Crippen molar-refractivity contribution in [2.24, 2.45) is 0 Å². The molecule has 0 spiro atoms. The quantitative estimate of drug-likeness (QED) is 0.548. The summed E-state index contributed by atoms with van der Waals surface area (Å²) in [5, 5.41) is 14.6. The second-order valence-electron chi connectivity index (χ2n) is 8.31. The Bertz CT molecular complexity index is 960. The molecule has 1 aliphatic carbocycles. The van der Waals surface area contributed by atoms with Gasteiger partial charge in [-0.25, -0.2) is 9.59 Å². The van der Waals surface area contributed by atoms with E-state index in [0.717, 1.165) is 22.3 Å². The summed E-state index contributed by atoms with van der Waals surface area (Å²) in [6.07, 6.45) is 0.480. The summed E-state index contributed by atoms with van der Waals surface area (Å²) < 4.78 is 5.50. The summed E-state index contributed by atoms with van der Waals surface area (Å²) in [6.45, 7) is 5.20. The Kier molecular flexibility index (Phi) is 7.18. The number of carbonyl (C=O) groups is 3. The van der Waals surface area contributed by atoms with E-state index in [0.29, 0.717) is 12.8 Å². The molecular weight excluding hydrogens is 408 g/mol. The Morgan fingerprint density at radius 2 is 1.59 bits per heavy atom. The van der Waals surface area contributed by atoms with E-state index in [9.17, 15) is 19.5 Å². The number of nitrogens with one attached hydrogen (secondary N) is 2. The van der Waals surface area contributed by atoms with E-state index in [1.54, 1.807) is 6.92 Å². The van der Waals surface area contributed by atoms with Gasteiger partial charge in [0.25, 0.3) is 0 Å². The summed E-state index contributed by atoms with van der Waals surface area (Å²) in [5.74, 6) is -1.73. The summed E-state index contributed by atoms with van der Waals surface area (Å²) >= 11 is 0.